The third kappa shape index (κ3) is 3.20. The quantitative estimate of drug-likeness (QED) is 0.775. The second kappa shape index (κ2) is 6.39. The van der Waals surface area contributed by atoms with E-state index >= 15 is 0 Å². The molecule has 1 heterocycles. The lowest BCUT2D eigenvalue weighted by Crippen LogP contribution is -2.11. The molecular weight excluding hydrogens is 318 g/mol. The Bertz CT molecular complexity index is 570. The molecule has 0 aliphatic heterocycles. The minimum atomic E-state index is 0.286. The summed E-state index contributed by atoms with van der Waals surface area (Å²) in [5.41, 5.74) is 3.56. The predicted molar refractivity (Wildman–Crippen MR) is 83.3 cm³/mol. The van der Waals surface area contributed by atoms with E-state index < -0.39 is 0 Å². The molecule has 0 saturated carbocycles. The van der Waals surface area contributed by atoms with Gasteiger partial charge in [-0.25, -0.2) is 9.67 Å². The molecule has 0 amide bonds. The highest BCUT2D eigenvalue weighted by molar-refractivity contribution is 9.08. The molecule has 5 heteroatoms. The Labute approximate surface area is 128 Å². The van der Waals surface area contributed by atoms with Crippen LogP contribution in [0.1, 0.15) is 42.4 Å². The van der Waals surface area contributed by atoms with Gasteiger partial charge in [0.2, 0.25) is 0 Å². The molecule has 4 nitrogen and oxygen atoms in total. The molecule has 0 aliphatic rings. The number of halogens is 1. The van der Waals surface area contributed by atoms with Crippen LogP contribution in [0.15, 0.2) is 18.5 Å². The number of nitrogens with zero attached hydrogens (tertiary/aromatic N) is 3. The fourth-order valence-electron chi connectivity index (χ4n) is 2.29. The summed E-state index contributed by atoms with van der Waals surface area (Å²) in [6, 6.07) is 4.57. The van der Waals surface area contributed by atoms with Crippen LogP contribution in [0.5, 0.6) is 5.75 Å². The summed E-state index contributed by atoms with van der Waals surface area (Å²) in [5.74, 6) is 1.79. The van der Waals surface area contributed by atoms with Crippen LogP contribution >= 0.6 is 15.9 Å². The van der Waals surface area contributed by atoms with E-state index in [1.807, 2.05) is 4.68 Å². The largest absolute Gasteiger partial charge is 0.485 e. The van der Waals surface area contributed by atoms with E-state index in [1.165, 1.54) is 5.56 Å². The monoisotopic (exact) mass is 337 g/mol. The normalized spacial score (nSPS) is 11.1. The summed E-state index contributed by atoms with van der Waals surface area (Å²) < 4.78 is 7.85. The smallest absolute Gasteiger partial charge is 0.165 e. The highest BCUT2D eigenvalue weighted by atomic mass is 79.9. The molecule has 2 rings (SSSR count). The van der Waals surface area contributed by atoms with E-state index in [0.29, 0.717) is 6.61 Å². The van der Waals surface area contributed by atoms with Gasteiger partial charge in [-0.05, 0) is 44.4 Å². The van der Waals surface area contributed by atoms with Crippen molar-refractivity contribution in [1.29, 1.82) is 0 Å². The first-order valence-electron chi connectivity index (χ1n) is 6.70. The number of hydrogen-bond acceptors (Lipinski definition) is 3. The van der Waals surface area contributed by atoms with Crippen LogP contribution in [0.4, 0.5) is 0 Å². The fraction of sp³-hybridized carbons (Fsp3) is 0.467. The first-order chi connectivity index (χ1) is 9.52. The van der Waals surface area contributed by atoms with Gasteiger partial charge in [-0.3, -0.25) is 0 Å². The molecule has 0 unspecified atom stereocenters. The van der Waals surface area contributed by atoms with Crippen molar-refractivity contribution < 1.29 is 4.74 Å². The number of hydrogen-bond donors (Lipinski definition) is 0. The molecule has 1 aromatic carbocycles. The van der Waals surface area contributed by atoms with Crippen molar-refractivity contribution in [1.82, 2.24) is 14.8 Å². The van der Waals surface area contributed by atoms with Gasteiger partial charge in [0.15, 0.2) is 5.82 Å². The maximum absolute atomic E-state index is 5.96. The van der Waals surface area contributed by atoms with Gasteiger partial charge >= 0.3 is 0 Å². The maximum atomic E-state index is 5.96. The number of alkyl halides is 1. The average Bonchev–Trinajstić information content (AvgIpc) is 2.86. The van der Waals surface area contributed by atoms with Crippen LogP contribution in [0.3, 0.4) is 0 Å². The number of ether oxygens (including phenoxy) is 1. The van der Waals surface area contributed by atoms with Crippen molar-refractivity contribution in [2.24, 2.45) is 0 Å². The van der Waals surface area contributed by atoms with Gasteiger partial charge < -0.3 is 4.74 Å². The van der Waals surface area contributed by atoms with Crippen molar-refractivity contribution in [2.45, 2.75) is 45.7 Å². The van der Waals surface area contributed by atoms with E-state index in [4.69, 9.17) is 4.74 Å². The second-order valence-electron chi connectivity index (χ2n) is 5.20. The zero-order chi connectivity index (χ0) is 14.7. The summed E-state index contributed by atoms with van der Waals surface area (Å²) in [7, 11) is 0. The minimum Gasteiger partial charge on any atom is -0.485 e. The zero-order valence-electron chi connectivity index (χ0n) is 12.4. The molecule has 108 valence electrons. The van der Waals surface area contributed by atoms with E-state index in [1.54, 1.807) is 6.33 Å². The third-order valence-corrected chi connectivity index (χ3v) is 3.80. The Morgan fingerprint density at radius 2 is 1.90 bits per heavy atom. The first-order valence-corrected chi connectivity index (χ1v) is 7.82. The van der Waals surface area contributed by atoms with Crippen LogP contribution in [0.2, 0.25) is 0 Å². The lowest BCUT2D eigenvalue weighted by Gasteiger charge is -2.14. The Hall–Kier alpha value is -1.36. The zero-order valence-corrected chi connectivity index (χ0v) is 13.9. The van der Waals surface area contributed by atoms with Crippen LogP contribution in [0.25, 0.3) is 0 Å². The third-order valence-electron chi connectivity index (χ3n) is 3.16. The average molecular weight is 338 g/mol. The Morgan fingerprint density at radius 1 is 1.25 bits per heavy atom. The molecule has 0 spiro atoms. The SMILES string of the molecule is Cc1cc(CBr)cc(C)c1OCc1ncnn1C(C)C. The van der Waals surface area contributed by atoms with Crippen molar-refractivity contribution >= 4 is 15.9 Å². The van der Waals surface area contributed by atoms with Crippen molar-refractivity contribution in [2.75, 3.05) is 0 Å². The van der Waals surface area contributed by atoms with Gasteiger partial charge in [0.25, 0.3) is 0 Å². The van der Waals surface area contributed by atoms with Crippen LogP contribution < -0.4 is 4.74 Å². The summed E-state index contributed by atoms with van der Waals surface area (Å²) in [5, 5.41) is 5.08. The van der Waals surface area contributed by atoms with Gasteiger partial charge in [0.1, 0.15) is 18.7 Å². The molecule has 0 N–H and O–H groups in total. The predicted octanol–water partition coefficient (Wildman–Crippen LogP) is 3.95. The number of benzene rings is 1. The molecule has 0 atom stereocenters. The molecule has 1 aromatic heterocycles. The second-order valence-corrected chi connectivity index (χ2v) is 5.76. The molecule has 0 bridgehead atoms. The van der Waals surface area contributed by atoms with E-state index in [9.17, 15) is 0 Å². The van der Waals surface area contributed by atoms with Crippen molar-refractivity contribution in [3.63, 3.8) is 0 Å². The molecule has 0 radical (unpaired) electrons. The Kier molecular flexibility index (Phi) is 4.81. The van der Waals surface area contributed by atoms with E-state index in [-0.39, 0.29) is 6.04 Å². The number of aryl methyl sites for hydroxylation is 2. The topological polar surface area (TPSA) is 39.9 Å². The van der Waals surface area contributed by atoms with Gasteiger partial charge in [-0.15, -0.1) is 0 Å². The van der Waals surface area contributed by atoms with Gasteiger partial charge in [0.05, 0.1) is 0 Å². The van der Waals surface area contributed by atoms with Crippen molar-refractivity contribution in [3.8, 4) is 5.75 Å². The highest BCUT2D eigenvalue weighted by Crippen LogP contribution is 2.26. The van der Waals surface area contributed by atoms with Crippen LogP contribution in [0, 0.1) is 13.8 Å². The molecule has 0 saturated heterocycles. The fourth-order valence-corrected chi connectivity index (χ4v) is 2.61. The maximum Gasteiger partial charge on any atom is 0.165 e. The lowest BCUT2D eigenvalue weighted by atomic mass is 10.1. The summed E-state index contributed by atoms with van der Waals surface area (Å²) in [4.78, 5) is 4.26. The molecule has 2 aromatic rings. The molecule has 0 aliphatic carbocycles. The Morgan fingerprint density at radius 3 is 2.45 bits per heavy atom. The molecule has 0 fully saturated rings. The highest BCUT2D eigenvalue weighted by Gasteiger charge is 2.11. The summed E-state index contributed by atoms with van der Waals surface area (Å²) in [6.07, 6.45) is 1.58. The Balaban J connectivity index is 2.17. The van der Waals surface area contributed by atoms with Gasteiger partial charge in [0, 0.05) is 11.4 Å². The van der Waals surface area contributed by atoms with Crippen LogP contribution in [-0.4, -0.2) is 14.8 Å². The standard InChI is InChI=1S/C15H20BrN3O/c1-10(2)19-14(17-9-18-19)8-20-15-11(3)5-13(7-16)6-12(15)4/h5-6,9-10H,7-8H2,1-4H3. The summed E-state index contributed by atoms with van der Waals surface area (Å²) in [6.45, 7) is 8.75. The van der Waals surface area contributed by atoms with E-state index in [2.05, 4.69) is 65.8 Å². The molecular formula is C15H20BrN3O. The minimum absolute atomic E-state index is 0.286. The van der Waals surface area contributed by atoms with Gasteiger partial charge in [-0.2, -0.15) is 5.10 Å². The van der Waals surface area contributed by atoms with Crippen LogP contribution in [-0.2, 0) is 11.9 Å². The number of aromatic nitrogens is 3. The first kappa shape index (κ1) is 15.0. The molecule has 20 heavy (non-hydrogen) atoms. The lowest BCUT2D eigenvalue weighted by molar-refractivity contribution is 0.279. The van der Waals surface area contributed by atoms with E-state index in [0.717, 1.165) is 28.0 Å². The number of rotatable bonds is 5. The van der Waals surface area contributed by atoms with Crippen molar-refractivity contribution in [3.05, 3.63) is 41.0 Å². The summed E-state index contributed by atoms with van der Waals surface area (Å²) >= 11 is 3.48. The van der Waals surface area contributed by atoms with Gasteiger partial charge in [-0.1, -0.05) is 28.1 Å².